The van der Waals surface area contributed by atoms with E-state index in [-0.39, 0.29) is 19.4 Å². The zero-order valence-corrected chi connectivity index (χ0v) is 18.8. The van der Waals surface area contributed by atoms with Crippen molar-refractivity contribution in [2.24, 2.45) is 5.73 Å². The number of aliphatic hydroxyl groups is 3. The smallest absolute Gasteiger partial charge is 0.303 e. The first-order valence-electron chi connectivity index (χ1n) is 10.5. The van der Waals surface area contributed by atoms with E-state index in [1.807, 2.05) is 0 Å². The average Bonchev–Trinajstić information content (AvgIpc) is 2.74. The van der Waals surface area contributed by atoms with E-state index in [1.165, 1.54) is 13.8 Å². The number of hydrogen-bond acceptors (Lipinski definition) is 10. The van der Waals surface area contributed by atoms with Gasteiger partial charge in [0, 0.05) is 19.8 Å². The molecule has 1 aliphatic heterocycles. The lowest BCUT2D eigenvalue weighted by atomic mass is 9.96. The quantitative estimate of drug-likeness (QED) is 0.122. The minimum atomic E-state index is -1.58. The third-order valence-corrected chi connectivity index (χ3v) is 4.96. The van der Waals surface area contributed by atoms with E-state index in [0.29, 0.717) is 0 Å². The number of carboxylic acids is 1. The molecule has 0 saturated carbocycles. The van der Waals surface area contributed by atoms with Crippen molar-refractivity contribution in [3.8, 4) is 0 Å². The maximum atomic E-state index is 12.2. The van der Waals surface area contributed by atoms with Crippen LogP contribution in [0.1, 0.15) is 33.1 Å². The number of primary amides is 1. The monoisotopic (exact) mass is 492 g/mol. The summed E-state index contributed by atoms with van der Waals surface area (Å²) in [5.41, 5.74) is 5.15. The third-order valence-electron chi connectivity index (χ3n) is 4.96. The van der Waals surface area contributed by atoms with Gasteiger partial charge in [0.25, 0.3) is 0 Å². The predicted octanol–water partition coefficient (Wildman–Crippen LogP) is -4.32. The molecule has 0 aromatic rings. The van der Waals surface area contributed by atoms with Gasteiger partial charge < -0.3 is 51.6 Å². The number of hydrogen-bond donors (Lipinski definition) is 8. The minimum absolute atomic E-state index is 0.214. The fraction of sp³-hybridized carbons (Fsp3) is 0.737. The van der Waals surface area contributed by atoms with E-state index in [4.69, 9.17) is 20.3 Å². The van der Waals surface area contributed by atoms with Crippen molar-refractivity contribution in [2.45, 2.75) is 75.8 Å². The van der Waals surface area contributed by atoms with Crippen LogP contribution in [0.25, 0.3) is 0 Å². The van der Waals surface area contributed by atoms with Crippen LogP contribution in [0.4, 0.5) is 0 Å². The number of aliphatic carboxylic acids is 1. The number of ether oxygens (including phenoxy) is 2. The topological polar surface area (TPSA) is 247 Å². The van der Waals surface area contributed by atoms with E-state index in [0.717, 1.165) is 0 Å². The summed E-state index contributed by atoms with van der Waals surface area (Å²) in [6.45, 7) is 1.60. The van der Waals surface area contributed by atoms with Gasteiger partial charge in [-0.05, 0) is 13.3 Å². The highest BCUT2D eigenvalue weighted by atomic mass is 16.6. The first kappa shape index (κ1) is 29.2. The van der Waals surface area contributed by atoms with Crippen LogP contribution >= 0.6 is 0 Å². The molecule has 194 valence electrons. The summed E-state index contributed by atoms with van der Waals surface area (Å²) in [5, 5.41) is 45.4. The van der Waals surface area contributed by atoms with Gasteiger partial charge in [0.2, 0.25) is 23.6 Å². The van der Waals surface area contributed by atoms with Gasteiger partial charge in [-0.15, -0.1) is 0 Å². The molecule has 9 N–H and O–H groups in total. The molecule has 0 unspecified atom stereocenters. The van der Waals surface area contributed by atoms with Gasteiger partial charge in [-0.3, -0.25) is 24.0 Å². The average molecular weight is 492 g/mol. The number of nitrogens with one attached hydrogen (secondary N) is 3. The highest BCUT2D eigenvalue weighted by Crippen LogP contribution is 2.22. The van der Waals surface area contributed by atoms with Crippen LogP contribution in [0, 0.1) is 0 Å². The van der Waals surface area contributed by atoms with E-state index in [2.05, 4.69) is 16.0 Å². The molecule has 0 bridgehead atoms. The van der Waals surface area contributed by atoms with E-state index >= 15 is 0 Å². The molecule has 0 spiro atoms. The van der Waals surface area contributed by atoms with Crippen molar-refractivity contribution in [2.75, 3.05) is 13.2 Å². The van der Waals surface area contributed by atoms with Gasteiger partial charge in [-0.1, -0.05) is 0 Å². The molecule has 1 fully saturated rings. The van der Waals surface area contributed by atoms with Crippen LogP contribution < -0.4 is 21.7 Å². The molecule has 0 aromatic carbocycles. The number of carbonyl (C=O) groups excluding carboxylic acids is 4. The number of carbonyl (C=O) groups is 5. The van der Waals surface area contributed by atoms with Crippen LogP contribution in [-0.2, 0) is 33.4 Å². The zero-order chi connectivity index (χ0) is 26.0. The standard InChI is InChI=1S/C19H32N4O11/c1-8(18(31)23-10(17(20)30)3-4-13(27)28)21-12(26)5-6-33-16-14(22-9(2)25)19(32)34-11(7-24)15(16)29/h8,10-11,14-16,19,24,29,32H,3-7H2,1-2H3,(H2,20,30)(H,21,26)(H,22,25)(H,23,31)(H,27,28)/t8-,10+,11-,14-,15+,16-,19-/m0/s1. The summed E-state index contributed by atoms with van der Waals surface area (Å²) in [5.74, 6) is -4.03. The van der Waals surface area contributed by atoms with Crippen molar-refractivity contribution in [1.29, 1.82) is 0 Å². The van der Waals surface area contributed by atoms with Crippen molar-refractivity contribution in [3.63, 3.8) is 0 Å². The Balaban J connectivity index is 2.60. The Morgan fingerprint density at radius 2 is 1.76 bits per heavy atom. The van der Waals surface area contributed by atoms with Gasteiger partial charge in [0.05, 0.1) is 13.2 Å². The predicted molar refractivity (Wildman–Crippen MR) is 112 cm³/mol. The Labute approximate surface area is 195 Å². The molecule has 15 heteroatoms. The first-order chi connectivity index (χ1) is 15.9. The Morgan fingerprint density at radius 1 is 1.12 bits per heavy atom. The summed E-state index contributed by atoms with van der Waals surface area (Å²) in [4.78, 5) is 57.8. The highest BCUT2D eigenvalue weighted by molar-refractivity contribution is 5.91. The summed E-state index contributed by atoms with van der Waals surface area (Å²) in [6.07, 6.45) is -6.28. The van der Waals surface area contributed by atoms with Gasteiger partial charge in [-0.2, -0.15) is 0 Å². The largest absolute Gasteiger partial charge is 0.481 e. The summed E-state index contributed by atoms with van der Waals surface area (Å²) in [7, 11) is 0. The van der Waals surface area contributed by atoms with Crippen molar-refractivity contribution in [3.05, 3.63) is 0 Å². The fourth-order valence-electron chi connectivity index (χ4n) is 3.19. The molecule has 1 aliphatic rings. The third kappa shape index (κ3) is 9.18. The molecule has 0 aliphatic carbocycles. The van der Waals surface area contributed by atoms with Gasteiger partial charge >= 0.3 is 5.97 Å². The Kier molecular flexibility index (Phi) is 11.8. The highest BCUT2D eigenvalue weighted by Gasteiger charge is 2.45. The molecule has 34 heavy (non-hydrogen) atoms. The summed E-state index contributed by atoms with van der Waals surface area (Å²) >= 11 is 0. The molecule has 1 saturated heterocycles. The number of amides is 4. The SMILES string of the molecule is CC(=O)N[C@H]1[C@H](OCCC(=O)N[C@@H](C)C(=O)N[C@H](CCC(=O)O)C(N)=O)[C@H](O)[C@H](CO)O[C@@H]1O. The Hall–Kier alpha value is -2.85. The lowest BCUT2D eigenvalue weighted by Gasteiger charge is -2.42. The second-order valence-corrected chi connectivity index (χ2v) is 7.74. The van der Waals surface area contributed by atoms with E-state index < -0.39 is 85.4 Å². The van der Waals surface area contributed by atoms with Crippen LogP contribution in [0.5, 0.6) is 0 Å². The van der Waals surface area contributed by atoms with Gasteiger partial charge in [0.15, 0.2) is 6.29 Å². The number of aliphatic hydroxyl groups excluding tert-OH is 3. The minimum Gasteiger partial charge on any atom is -0.481 e. The Morgan fingerprint density at radius 3 is 2.29 bits per heavy atom. The van der Waals surface area contributed by atoms with Crippen molar-refractivity contribution in [1.82, 2.24) is 16.0 Å². The number of rotatable bonds is 13. The molecule has 0 radical (unpaired) electrons. The van der Waals surface area contributed by atoms with Crippen LogP contribution in [0.15, 0.2) is 0 Å². The van der Waals surface area contributed by atoms with Crippen LogP contribution in [-0.4, -0.2) is 106 Å². The molecule has 4 amide bonds. The molecule has 7 atom stereocenters. The summed E-state index contributed by atoms with van der Waals surface area (Å²) in [6, 6.07) is -3.49. The Bertz CT molecular complexity index is 750. The van der Waals surface area contributed by atoms with E-state index in [9.17, 15) is 39.3 Å². The van der Waals surface area contributed by atoms with Crippen molar-refractivity contribution < 1.29 is 53.9 Å². The summed E-state index contributed by atoms with van der Waals surface area (Å²) < 4.78 is 10.5. The number of carboxylic acid groups (broad SMARTS) is 1. The molecule has 15 nitrogen and oxygen atoms in total. The first-order valence-corrected chi connectivity index (χ1v) is 10.5. The second kappa shape index (κ2) is 13.8. The molecular formula is C19H32N4O11. The molecule has 0 aromatic heterocycles. The lowest BCUT2D eigenvalue weighted by Crippen LogP contribution is -2.64. The maximum absolute atomic E-state index is 12.2. The van der Waals surface area contributed by atoms with Gasteiger partial charge in [0.1, 0.15) is 36.4 Å². The van der Waals surface area contributed by atoms with E-state index in [1.54, 1.807) is 0 Å². The maximum Gasteiger partial charge on any atom is 0.303 e. The molecular weight excluding hydrogens is 460 g/mol. The molecule has 1 heterocycles. The van der Waals surface area contributed by atoms with Gasteiger partial charge in [-0.25, -0.2) is 0 Å². The number of nitrogens with two attached hydrogens (primary N) is 1. The zero-order valence-electron chi connectivity index (χ0n) is 18.8. The van der Waals surface area contributed by atoms with Crippen molar-refractivity contribution >= 4 is 29.6 Å². The molecule has 1 rings (SSSR count). The van der Waals surface area contributed by atoms with Crippen LogP contribution in [0.3, 0.4) is 0 Å². The fourth-order valence-corrected chi connectivity index (χ4v) is 3.19. The lowest BCUT2D eigenvalue weighted by molar-refractivity contribution is -0.261. The van der Waals surface area contributed by atoms with Crippen LogP contribution in [0.2, 0.25) is 0 Å². The second-order valence-electron chi connectivity index (χ2n) is 7.74. The normalized spacial score (nSPS) is 26.1.